The molecule has 0 aliphatic heterocycles. The third kappa shape index (κ3) is 3.36. The van der Waals surface area contributed by atoms with E-state index in [1.54, 1.807) is 0 Å². The molecule has 0 bridgehead atoms. The standard InChI is InChI=1S/C17H21N3O3/c21-15(10-13-11-20-9-5-2-6-14(20)19-13)18-12-17(16(22)23)7-3-1-4-8-17/h2,5-6,9,11H,1,3-4,7-8,10,12H2,(H,18,21)(H,22,23). The van der Waals surface area contributed by atoms with Crippen molar-refractivity contribution < 1.29 is 14.7 Å². The van der Waals surface area contributed by atoms with E-state index >= 15 is 0 Å². The van der Waals surface area contributed by atoms with Crippen LogP contribution in [0.1, 0.15) is 37.8 Å². The number of nitrogens with zero attached hydrogens (tertiary/aromatic N) is 2. The number of carbonyl (C=O) groups excluding carboxylic acids is 1. The summed E-state index contributed by atoms with van der Waals surface area (Å²) in [7, 11) is 0. The molecule has 23 heavy (non-hydrogen) atoms. The number of aliphatic carboxylic acids is 1. The van der Waals surface area contributed by atoms with Crippen LogP contribution in [-0.2, 0) is 16.0 Å². The normalized spacial score (nSPS) is 17.0. The summed E-state index contributed by atoms with van der Waals surface area (Å²) in [6.45, 7) is 0.203. The molecule has 0 radical (unpaired) electrons. The maximum Gasteiger partial charge on any atom is 0.311 e. The van der Waals surface area contributed by atoms with Gasteiger partial charge in [0.25, 0.3) is 0 Å². The zero-order valence-corrected chi connectivity index (χ0v) is 13.0. The van der Waals surface area contributed by atoms with Gasteiger partial charge < -0.3 is 14.8 Å². The summed E-state index contributed by atoms with van der Waals surface area (Å²) in [5.74, 6) is -0.982. The van der Waals surface area contributed by atoms with Crippen molar-refractivity contribution in [3.8, 4) is 0 Å². The van der Waals surface area contributed by atoms with Gasteiger partial charge in [-0.15, -0.1) is 0 Å². The molecule has 0 spiro atoms. The lowest BCUT2D eigenvalue weighted by molar-refractivity contribution is -0.151. The van der Waals surface area contributed by atoms with E-state index in [1.165, 1.54) is 0 Å². The van der Waals surface area contributed by atoms with Gasteiger partial charge in [-0.3, -0.25) is 9.59 Å². The van der Waals surface area contributed by atoms with E-state index in [1.807, 2.05) is 35.0 Å². The molecule has 1 aliphatic carbocycles. The van der Waals surface area contributed by atoms with Crippen molar-refractivity contribution in [2.24, 2.45) is 5.41 Å². The maximum absolute atomic E-state index is 12.1. The summed E-state index contributed by atoms with van der Waals surface area (Å²) in [6, 6.07) is 5.67. The molecule has 0 saturated heterocycles. The molecule has 6 nitrogen and oxygen atoms in total. The fourth-order valence-corrected chi connectivity index (χ4v) is 3.26. The Kier molecular flexibility index (Phi) is 4.32. The molecule has 0 atom stereocenters. The lowest BCUT2D eigenvalue weighted by atomic mass is 9.74. The first-order valence-corrected chi connectivity index (χ1v) is 8.02. The molecule has 0 unspecified atom stereocenters. The predicted molar refractivity (Wildman–Crippen MR) is 85.1 cm³/mol. The van der Waals surface area contributed by atoms with Crippen molar-refractivity contribution in [1.29, 1.82) is 0 Å². The summed E-state index contributed by atoms with van der Waals surface area (Å²) in [4.78, 5) is 28.1. The fraction of sp³-hybridized carbons (Fsp3) is 0.471. The Labute approximate surface area is 134 Å². The van der Waals surface area contributed by atoms with Gasteiger partial charge in [-0.1, -0.05) is 25.3 Å². The number of hydrogen-bond donors (Lipinski definition) is 2. The highest BCUT2D eigenvalue weighted by atomic mass is 16.4. The second kappa shape index (κ2) is 6.40. The number of carboxylic acid groups (broad SMARTS) is 1. The quantitative estimate of drug-likeness (QED) is 0.884. The molecular weight excluding hydrogens is 294 g/mol. The lowest BCUT2D eigenvalue weighted by Crippen LogP contribution is -2.44. The number of imidazole rings is 1. The first kappa shape index (κ1) is 15.5. The maximum atomic E-state index is 12.1. The minimum absolute atomic E-state index is 0.164. The summed E-state index contributed by atoms with van der Waals surface area (Å²) in [5, 5.41) is 12.3. The Morgan fingerprint density at radius 3 is 2.74 bits per heavy atom. The third-order valence-electron chi connectivity index (χ3n) is 4.64. The number of rotatable bonds is 5. The minimum Gasteiger partial charge on any atom is -0.481 e. The molecule has 2 N–H and O–H groups in total. The van der Waals surface area contributed by atoms with E-state index < -0.39 is 11.4 Å². The molecular formula is C17H21N3O3. The van der Waals surface area contributed by atoms with E-state index in [0.29, 0.717) is 18.5 Å². The van der Waals surface area contributed by atoms with Crippen molar-refractivity contribution in [3.63, 3.8) is 0 Å². The molecule has 6 heteroatoms. The van der Waals surface area contributed by atoms with Crippen molar-refractivity contribution >= 4 is 17.5 Å². The van der Waals surface area contributed by atoms with Crippen LogP contribution in [0.15, 0.2) is 30.6 Å². The van der Waals surface area contributed by atoms with Crippen LogP contribution in [0.2, 0.25) is 0 Å². The van der Waals surface area contributed by atoms with Crippen LogP contribution < -0.4 is 5.32 Å². The van der Waals surface area contributed by atoms with Crippen LogP contribution in [0.3, 0.4) is 0 Å². The number of amides is 1. The summed E-state index contributed by atoms with van der Waals surface area (Å²) in [5.41, 5.74) is 0.679. The largest absolute Gasteiger partial charge is 0.481 e. The Morgan fingerprint density at radius 1 is 1.26 bits per heavy atom. The highest BCUT2D eigenvalue weighted by Crippen LogP contribution is 2.36. The summed E-state index contributed by atoms with van der Waals surface area (Å²) in [6.07, 6.45) is 8.03. The van der Waals surface area contributed by atoms with E-state index in [-0.39, 0.29) is 18.9 Å². The number of aromatic nitrogens is 2. The first-order valence-electron chi connectivity index (χ1n) is 8.02. The smallest absolute Gasteiger partial charge is 0.311 e. The van der Waals surface area contributed by atoms with Crippen LogP contribution in [0.4, 0.5) is 0 Å². The SMILES string of the molecule is O=C(Cc1cn2ccccc2n1)NCC1(C(=O)O)CCCCC1. The third-order valence-corrected chi connectivity index (χ3v) is 4.64. The van der Waals surface area contributed by atoms with Gasteiger partial charge in [0.2, 0.25) is 5.91 Å². The van der Waals surface area contributed by atoms with Gasteiger partial charge in [0.1, 0.15) is 5.65 Å². The highest BCUT2D eigenvalue weighted by molar-refractivity contribution is 5.80. The minimum atomic E-state index is -0.801. The Bertz CT molecular complexity index is 684. The van der Waals surface area contributed by atoms with Gasteiger partial charge in [-0.05, 0) is 25.0 Å². The molecule has 1 saturated carbocycles. The number of nitrogens with one attached hydrogen (secondary N) is 1. The molecule has 122 valence electrons. The van der Waals surface area contributed by atoms with Gasteiger partial charge >= 0.3 is 5.97 Å². The molecule has 1 amide bonds. The van der Waals surface area contributed by atoms with Crippen molar-refractivity contribution in [2.75, 3.05) is 6.54 Å². The van der Waals surface area contributed by atoms with E-state index in [2.05, 4.69) is 10.3 Å². The van der Waals surface area contributed by atoms with Crippen molar-refractivity contribution in [1.82, 2.24) is 14.7 Å². The van der Waals surface area contributed by atoms with Gasteiger partial charge in [-0.25, -0.2) is 4.98 Å². The number of carbonyl (C=O) groups is 2. The second-order valence-corrected chi connectivity index (χ2v) is 6.30. The van der Waals surface area contributed by atoms with Crippen molar-refractivity contribution in [2.45, 2.75) is 38.5 Å². The van der Waals surface area contributed by atoms with Crippen LogP contribution in [0.5, 0.6) is 0 Å². The Morgan fingerprint density at radius 2 is 2.04 bits per heavy atom. The molecule has 1 fully saturated rings. The van der Waals surface area contributed by atoms with Gasteiger partial charge in [0, 0.05) is 18.9 Å². The van der Waals surface area contributed by atoms with E-state index in [9.17, 15) is 14.7 Å². The molecule has 2 heterocycles. The van der Waals surface area contributed by atoms with Gasteiger partial charge in [0.15, 0.2) is 0 Å². The lowest BCUT2D eigenvalue weighted by Gasteiger charge is -2.33. The first-order chi connectivity index (χ1) is 11.1. The van der Waals surface area contributed by atoms with E-state index in [0.717, 1.165) is 24.9 Å². The number of carboxylic acids is 1. The Balaban J connectivity index is 1.61. The average Bonchev–Trinajstić information content (AvgIpc) is 2.96. The Hall–Kier alpha value is -2.37. The topological polar surface area (TPSA) is 83.7 Å². The van der Waals surface area contributed by atoms with Crippen molar-refractivity contribution in [3.05, 3.63) is 36.3 Å². The summed E-state index contributed by atoms with van der Waals surface area (Å²) >= 11 is 0. The van der Waals surface area contributed by atoms with Crippen LogP contribution in [0, 0.1) is 5.41 Å². The molecule has 2 aromatic rings. The number of pyridine rings is 1. The molecule has 3 rings (SSSR count). The number of fused-ring (bicyclic) bond motifs is 1. The second-order valence-electron chi connectivity index (χ2n) is 6.30. The van der Waals surface area contributed by atoms with Crippen LogP contribution in [0.25, 0.3) is 5.65 Å². The fourth-order valence-electron chi connectivity index (χ4n) is 3.26. The number of hydrogen-bond acceptors (Lipinski definition) is 3. The zero-order chi connectivity index (χ0) is 16.3. The average molecular weight is 315 g/mol. The predicted octanol–water partition coefficient (Wildman–Crippen LogP) is 2.03. The van der Waals surface area contributed by atoms with Gasteiger partial charge in [-0.2, -0.15) is 0 Å². The molecule has 2 aromatic heterocycles. The zero-order valence-electron chi connectivity index (χ0n) is 13.0. The molecule has 0 aromatic carbocycles. The monoisotopic (exact) mass is 315 g/mol. The molecule has 1 aliphatic rings. The van der Waals surface area contributed by atoms with Crippen LogP contribution in [-0.4, -0.2) is 32.9 Å². The van der Waals surface area contributed by atoms with Crippen LogP contribution >= 0.6 is 0 Å². The highest BCUT2D eigenvalue weighted by Gasteiger charge is 2.39. The summed E-state index contributed by atoms with van der Waals surface area (Å²) < 4.78 is 1.86. The van der Waals surface area contributed by atoms with Gasteiger partial charge in [0.05, 0.1) is 17.5 Å². The van der Waals surface area contributed by atoms with E-state index in [4.69, 9.17) is 0 Å².